The fraction of sp³-hybridized carbons (Fsp3) is 0.500. The molecule has 0 amide bonds. The van der Waals surface area contributed by atoms with Gasteiger partial charge in [-0.2, -0.15) is 0 Å². The molecule has 112 valence electrons. The van der Waals surface area contributed by atoms with E-state index in [2.05, 4.69) is 21.1 Å². The van der Waals surface area contributed by atoms with Gasteiger partial charge in [-0.1, -0.05) is 34.9 Å². The molecule has 0 aliphatic rings. The van der Waals surface area contributed by atoms with Gasteiger partial charge < -0.3 is 15.7 Å². The quantitative estimate of drug-likeness (QED) is 0.258. The zero-order valence-corrected chi connectivity index (χ0v) is 13.3. The molecule has 1 rings (SSSR count). The van der Waals surface area contributed by atoms with Gasteiger partial charge in [0.2, 0.25) is 0 Å². The van der Waals surface area contributed by atoms with Gasteiger partial charge in [0, 0.05) is 9.89 Å². The maximum absolute atomic E-state index is 13.5. The molecular formula is C14H20BrFN2O2. The van der Waals surface area contributed by atoms with E-state index in [0.29, 0.717) is 11.1 Å². The van der Waals surface area contributed by atoms with Crippen LogP contribution in [0.4, 0.5) is 4.39 Å². The zero-order chi connectivity index (χ0) is 15.2. The highest BCUT2D eigenvalue weighted by molar-refractivity contribution is 9.10. The van der Waals surface area contributed by atoms with Gasteiger partial charge in [0.1, 0.15) is 5.84 Å². The summed E-state index contributed by atoms with van der Waals surface area (Å²) < 4.78 is 19.6. The van der Waals surface area contributed by atoms with Gasteiger partial charge in [0.05, 0.1) is 6.61 Å². The lowest BCUT2D eigenvalue weighted by atomic mass is 9.86. The third-order valence-corrected chi connectivity index (χ3v) is 3.64. The number of unbranched alkanes of at least 4 members (excludes halogenated alkanes) is 1. The normalized spacial score (nSPS) is 12.5. The molecule has 0 atom stereocenters. The summed E-state index contributed by atoms with van der Waals surface area (Å²) in [6.45, 7) is 4.26. The molecule has 0 radical (unpaired) electrons. The molecule has 0 fully saturated rings. The summed E-state index contributed by atoms with van der Waals surface area (Å²) in [6.07, 6.45) is 2.40. The highest BCUT2D eigenvalue weighted by Crippen LogP contribution is 2.24. The van der Waals surface area contributed by atoms with Crippen molar-refractivity contribution in [2.24, 2.45) is 16.3 Å². The van der Waals surface area contributed by atoms with Crippen molar-refractivity contribution >= 4 is 21.8 Å². The number of rotatable bonds is 7. The third kappa shape index (κ3) is 5.00. The first kappa shape index (κ1) is 16.8. The van der Waals surface area contributed by atoms with E-state index >= 15 is 0 Å². The van der Waals surface area contributed by atoms with Crippen LogP contribution in [0.2, 0.25) is 0 Å². The van der Waals surface area contributed by atoms with Crippen LogP contribution in [0.15, 0.2) is 27.8 Å². The fourth-order valence-electron chi connectivity index (χ4n) is 1.71. The topological polar surface area (TPSA) is 67.8 Å². The second kappa shape index (κ2) is 7.47. The summed E-state index contributed by atoms with van der Waals surface area (Å²) in [5, 5.41) is 11.7. The average molecular weight is 347 g/mol. The average Bonchev–Trinajstić information content (AvgIpc) is 2.39. The smallest absolute Gasteiger partial charge is 0.166 e. The van der Waals surface area contributed by atoms with E-state index in [9.17, 15) is 4.39 Å². The molecule has 0 aromatic heterocycles. The monoisotopic (exact) mass is 346 g/mol. The van der Waals surface area contributed by atoms with Crippen molar-refractivity contribution in [3.63, 3.8) is 0 Å². The number of ether oxygens (including phenoxy) is 1. The summed E-state index contributed by atoms with van der Waals surface area (Å²) in [5.74, 6) is 0.0950. The molecule has 4 nitrogen and oxygen atoms in total. The summed E-state index contributed by atoms with van der Waals surface area (Å²) in [6, 6.07) is 4.70. The van der Waals surface area contributed by atoms with Gasteiger partial charge >= 0.3 is 0 Å². The van der Waals surface area contributed by atoms with E-state index in [0.717, 1.165) is 19.3 Å². The summed E-state index contributed by atoms with van der Waals surface area (Å²) in [7, 11) is 0. The van der Waals surface area contributed by atoms with E-state index < -0.39 is 0 Å². The first-order chi connectivity index (χ1) is 9.36. The van der Waals surface area contributed by atoms with Gasteiger partial charge in [-0.25, -0.2) is 4.39 Å². The third-order valence-electron chi connectivity index (χ3n) is 3.15. The van der Waals surface area contributed by atoms with Gasteiger partial charge in [-0.05, 0) is 37.5 Å². The number of hydrogen-bond acceptors (Lipinski definition) is 3. The Morgan fingerprint density at radius 1 is 1.45 bits per heavy atom. The largest absolute Gasteiger partial charge is 0.491 e. The van der Waals surface area contributed by atoms with Crippen LogP contribution in [0.1, 0.15) is 33.1 Å². The standard InChI is InChI=1S/C14H20BrFN2O2/c1-14(2,13(17)18-19)7-3-4-8-20-12-6-5-10(15)9-11(12)16/h5-6,9,19H,3-4,7-8H2,1-2H3,(H2,17,18). The van der Waals surface area contributed by atoms with Crippen LogP contribution in [0.3, 0.4) is 0 Å². The molecule has 0 heterocycles. The summed E-state index contributed by atoms with van der Waals surface area (Å²) in [5.41, 5.74) is 5.26. The van der Waals surface area contributed by atoms with Crippen LogP contribution in [-0.2, 0) is 0 Å². The molecular weight excluding hydrogens is 327 g/mol. The van der Waals surface area contributed by atoms with Crippen LogP contribution >= 0.6 is 15.9 Å². The van der Waals surface area contributed by atoms with E-state index in [1.807, 2.05) is 13.8 Å². The Morgan fingerprint density at radius 2 is 2.15 bits per heavy atom. The Labute approximate surface area is 126 Å². The molecule has 6 heteroatoms. The number of hydrogen-bond donors (Lipinski definition) is 2. The maximum atomic E-state index is 13.5. The summed E-state index contributed by atoms with van der Waals surface area (Å²) in [4.78, 5) is 0. The molecule has 0 saturated heterocycles. The number of nitrogens with zero attached hydrogens (tertiary/aromatic N) is 1. The minimum absolute atomic E-state index is 0.220. The van der Waals surface area contributed by atoms with Gasteiger partial charge in [-0.15, -0.1) is 0 Å². The number of nitrogens with two attached hydrogens (primary N) is 1. The lowest BCUT2D eigenvalue weighted by Crippen LogP contribution is -2.31. The van der Waals surface area contributed by atoms with Crippen molar-refractivity contribution in [3.05, 3.63) is 28.5 Å². The predicted molar refractivity (Wildman–Crippen MR) is 80.6 cm³/mol. The number of amidine groups is 1. The van der Waals surface area contributed by atoms with Crippen molar-refractivity contribution in [2.45, 2.75) is 33.1 Å². The van der Waals surface area contributed by atoms with Crippen LogP contribution in [0.5, 0.6) is 5.75 Å². The van der Waals surface area contributed by atoms with E-state index in [-0.39, 0.29) is 22.8 Å². The van der Waals surface area contributed by atoms with Gasteiger partial charge in [-0.3, -0.25) is 0 Å². The van der Waals surface area contributed by atoms with Gasteiger partial charge in [0.15, 0.2) is 11.6 Å². The van der Waals surface area contributed by atoms with Crippen molar-refractivity contribution in [1.29, 1.82) is 0 Å². The number of halogens is 2. The number of oxime groups is 1. The second-order valence-corrected chi connectivity index (χ2v) is 6.17. The molecule has 0 aliphatic carbocycles. The molecule has 0 unspecified atom stereocenters. The predicted octanol–water partition coefficient (Wildman–Crippen LogP) is 3.91. The van der Waals surface area contributed by atoms with Crippen LogP contribution < -0.4 is 10.5 Å². The molecule has 3 N–H and O–H groups in total. The molecule has 0 bridgehead atoms. The highest BCUT2D eigenvalue weighted by atomic mass is 79.9. The van der Waals surface area contributed by atoms with Crippen LogP contribution in [0.25, 0.3) is 0 Å². The maximum Gasteiger partial charge on any atom is 0.166 e. The van der Waals surface area contributed by atoms with Crippen LogP contribution in [0, 0.1) is 11.2 Å². The molecule has 1 aromatic carbocycles. The van der Waals surface area contributed by atoms with Crippen molar-refractivity contribution in [3.8, 4) is 5.75 Å². The Balaban J connectivity index is 2.32. The fourth-order valence-corrected chi connectivity index (χ4v) is 2.04. The van der Waals surface area contributed by atoms with E-state index in [1.165, 1.54) is 6.07 Å². The Kier molecular flexibility index (Phi) is 6.26. The van der Waals surface area contributed by atoms with Gasteiger partial charge in [0.25, 0.3) is 0 Å². The Hall–Kier alpha value is -1.30. The first-order valence-corrected chi connectivity index (χ1v) is 7.22. The molecule has 0 saturated carbocycles. The van der Waals surface area contributed by atoms with E-state index in [1.54, 1.807) is 12.1 Å². The van der Waals surface area contributed by atoms with Crippen LogP contribution in [-0.4, -0.2) is 17.6 Å². The second-order valence-electron chi connectivity index (χ2n) is 5.25. The number of benzene rings is 1. The zero-order valence-electron chi connectivity index (χ0n) is 11.7. The SMILES string of the molecule is CC(C)(CCCCOc1ccc(Br)cc1F)/C(N)=N/O. The lowest BCUT2D eigenvalue weighted by Gasteiger charge is -2.22. The molecule has 20 heavy (non-hydrogen) atoms. The first-order valence-electron chi connectivity index (χ1n) is 6.42. The van der Waals surface area contributed by atoms with E-state index in [4.69, 9.17) is 15.7 Å². The molecule has 1 aromatic rings. The molecule has 0 spiro atoms. The minimum atomic E-state index is -0.378. The van der Waals surface area contributed by atoms with Crippen molar-refractivity contribution in [1.82, 2.24) is 0 Å². The minimum Gasteiger partial charge on any atom is -0.491 e. The van der Waals surface area contributed by atoms with Crippen molar-refractivity contribution < 1.29 is 14.3 Å². The Morgan fingerprint density at radius 3 is 2.75 bits per heavy atom. The molecule has 0 aliphatic heterocycles. The van der Waals surface area contributed by atoms with Crippen molar-refractivity contribution in [2.75, 3.05) is 6.61 Å². The summed E-state index contributed by atoms with van der Waals surface area (Å²) >= 11 is 3.19. The Bertz CT molecular complexity index is 478. The lowest BCUT2D eigenvalue weighted by molar-refractivity contribution is 0.279. The highest BCUT2D eigenvalue weighted by Gasteiger charge is 2.22.